The number of methoxy groups -OCH3 is 2. The SMILES string of the molecule is COC(=O)C[C@H](Nc1ccc(C(=O)OC(C)(C)C)cc1C#N)C(=O)OC. The second-order valence-electron chi connectivity index (χ2n) is 6.37. The number of nitrogens with zero attached hydrogens (tertiary/aromatic N) is 1. The van der Waals surface area contributed by atoms with Crippen LogP contribution >= 0.6 is 0 Å². The minimum absolute atomic E-state index is 0.118. The highest BCUT2D eigenvalue weighted by atomic mass is 16.6. The summed E-state index contributed by atoms with van der Waals surface area (Å²) in [5.41, 5.74) is -0.0760. The maximum absolute atomic E-state index is 12.1. The van der Waals surface area contributed by atoms with Gasteiger partial charge < -0.3 is 19.5 Å². The van der Waals surface area contributed by atoms with Crippen LogP contribution in [0.3, 0.4) is 0 Å². The predicted molar refractivity (Wildman–Crippen MR) is 92.4 cm³/mol. The van der Waals surface area contributed by atoms with Crippen LogP contribution in [0.15, 0.2) is 18.2 Å². The van der Waals surface area contributed by atoms with E-state index in [0.29, 0.717) is 0 Å². The Kier molecular flexibility index (Phi) is 7.14. The largest absolute Gasteiger partial charge is 0.469 e. The van der Waals surface area contributed by atoms with Crippen molar-refractivity contribution in [1.29, 1.82) is 5.26 Å². The summed E-state index contributed by atoms with van der Waals surface area (Å²) in [5.74, 6) is -1.87. The van der Waals surface area contributed by atoms with Crippen molar-refractivity contribution in [2.75, 3.05) is 19.5 Å². The van der Waals surface area contributed by atoms with E-state index in [1.54, 1.807) is 20.8 Å². The fourth-order valence-corrected chi connectivity index (χ4v) is 2.00. The average molecular weight is 362 g/mol. The van der Waals surface area contributed by atoms with Crippen LogP contribution in [0.5, 0.6) is 0 Å². The molecular weight excluding hydrogens is 340 g/mol. The van der Waals surface area contributed by atoms with Crippen LogP contribution in [0.2, 0.25) is 0 Å². The molecule has 26 heavy (non-hydrogen) atoms. The van der Waals surface area contributed by atoms with E-state index in [0.717, 1.165) is 0 Å². The molecule has 0 aliphatic carbocycles. The number of hydrogen-bond donors (Lipinski definition) is 1. The summed E-state index contributed by atoms with van der Waals surface area (Å²) in [7, 11) is 2.39. The number of carbonyl (C=O) groups excluding carboxylic acids is 3. The molecule has 140 valence electrons. The summed E-state index contributed by atoms with van der Waals surface area (Å²) < 4.78 is 14.5. The van der Waals surface area contributed by atoms with Gasteiger partial charge in [-0.2, -0.15) is 5.26 Å². The minimum Gasteiger partial charge on any atom is -0.469 e. The van der Waals surface area contributed by atoms with E-state index < -0.39 is 29.6 Å². The van der Waals surface area contributed by atoms with E-state index in [4.69, 9.17) is 4.74 Å². The van der Waals surface area contributed by atoms with Gasteiger partial charge >= 0.3 is 17.9 Å². The third kappa shape index (κ3) is 6.09. The molecular formula is C18H22N2O6. The Balaban J connectivity index is 3.09. The smallest absolute Gasteiger partial charge is 0.338 e. The second kappa shape index (κ2) is 8.85. The summed E-state index contributed by atoms with van der Waals surface area (Å²) in [6.07, 6.45) is -0.276. The van der Waals surface area contributed by atoms with Gasteiger partial charge in [-0.05, 0) is 39.0 Å². The number of nitrogens with one attached hydrogen (secondary N) is 1. The molecule has 0 aliphatic rings. The van der Waals surface area contributed by atoms with Crippen molar-refractivity contribution < 1.29 is 28.6 Å². The average Bonchev–Trinajstić information content (AvgIpc) is 2.58. The van der Waals surface area contributed by atoms with Gasteiger partial charge in [0.15, 0.2) is 0 Å². The number of carbonyl (C=O) groups is 3. The highest BCUT2D eigenvalue weighted by molar-refractivity contribution is 5.91. The Bertz CT molecular complexity index is 730. The molecule has 0 heterocycles. The molecule has 8 nitrogen and oxygen atoms in total. The lowest BCUT2D eigenvalue weighted by atomic mass is 10.1. The quantitative estimate of drug-likeness (QED) is 0.604. The topological polar surface area (TPSA) is 115 Å². The molecule has 0 aliphatic heterocycles. The van der Waals surface area contributed by atoms with Crippen LogP contribution in [0, 0.1) is 11.3 Å². The Hall–Kier alpha value is -3.08. The summed E-state index contributed by atoms with van der Waals surface area (Å²) in [4.78, 5) is 35.4. The highest BCUT2D eigenvalue weighted by Gasteiger charge is 2.25. The zero-order valence-electron chi connectivity index (χ0n) is 15.4. The Morgan fingerprint density at radius 1 is 1.19 bits per heavy atom. The lowest BCUT2D eigenvalue weighted by Crippen LogP contribution is -2.33. The number of esters is 3. The molecule has 1 atom stereocenters. The summed E-state index contributed by atoms with van der Waals surface area (Å²) in [6, 6.07) is 5.18. The zero-order valence-corrected chi connectivity index (χ0v) is 15.4. The first-order valence-corrected chi connectivity index (χ1v) is 7.80. The van der Waals surface area contributed by atoms with Crippen molar-refractivity contribution in [3.05, 3.63) is 29.3 Å². The first kappa shape index (κ1) is 21.0. The van der Waals surface area contributed by atoms with Crippen molar-refractivity contribution in [1.82, 2.24) is 0 Å². The summed E-state index contributed by atoms with van der Waals surface area (Å²) in [6.45, 7) is 5.21. The number of anilines is 1. The minimum atomic E-state index is -1.04. The molecule has 0 spiro atoms. The first-order chi connectivity index (χ1) is 12.1. The fraction of sp³-hybridized carbons (Fsp3) is 0.444. The van der Waals surface area contributed by atoms with Gasteiger partial charge in [-0.25, -0.2) is 9.59 Å². The van der Waals surface area contributed by atoms with Gasteiger partial charge in [0.1, 0.15) is 17.7 Å². The van der Waals surface area contributed by atoms with Gasteiger partial charge in [0.2, 0.25) is 0 Å². The third-order valence-corrected chi connectivity index (χ3v) is 3.19. The number of ether oxygens (including phenoxy) is 3. The lowest BCUT2D eigenvalue weighted by Gasteiger charge is -2.20. The van der Waals surface area contributed by atoms with Crippen molar-refractivity contribution in [3.8, 4) is 6.07 Å². The van der Waals surface area contributed by atoms with Crippen LogP contribution in [0.4, 0.5) is 5.69 Å². The third-order valence-electron chi connectivity index (χ3n) is 3.19. The number of rotatable bonds is 6. The molecule has 1 rings (SSSR count). The van der Waals surface area contributed by atoms with Crippen LogP contribution in [-0.2, 0) is 23.8 Å². The molecule has 0 saturated carbocycles. The van der Waals surface area contributed by atoms with Gasteiger partial charge in [-0.15, -0.1) is 0 Å². The molecule has 0 saturated heterocycles. The van der Waals surface area contributed by atoms with E-state index in [2.05, 4.69) is 14.8 Å². The molecule has 0 fully saturated rings. The van der Waals surface area contributed by atoms with Gasteiger partial charge in [0.25, 0.3) is 0 Å². The van der Waals surface area contributed by atoms with Gasteiger partial charge in [-0.1, -0.05) is 0 Å². The predicted octanol–water partition coefficient (Wildman–Crippen LogP) is 2.03. The van der Waals surface area contributed by atoms with Gasteiger partial charge in [0, 0.05) is 0 Å². The standard InChI is InChI=1S/C18H22N2O6/c1-18(2,3)26-16(22)11-6-7-13(12(8-11)10-19)20-14(17(23)25-5)9-15(21)24-4/h6-8,14,20H,9H2,1-5H3/t14-/m0/s1. The number of benzene rings is 1. The van der Waals surface area contributed by atoms with Crippen LogP contribution in [0.25, 0.3) is 0 Å². The van der Waals surface area contributed by atoms with E-state index in [1.807, 2.05) is 6.07 Å². The molecule has 0 bridgehead atoms. The maximum Gasteiger partial charge on any atom is 0.338 e. The molecule has 1 aromatic rings. The molecule has 8 heteroatoms. The van der Waals surface area contributed by atoms with Gasteiger partial charge in [0.05, 0.1) is 37.5 Å². The van der Waals surface area contributed by atoms with Crippen molar-refractivity contribution >= 4 is 23.6 Å². The monoisotopic (exact) mass is 362 g/mol. The van der Waals surface area contributed by atoms with Crippen LogP contribution < -0.4 is 5.32 Å². The van der Waals surface area contributed by atoms with E-state index in [1.165, 1.54) is 32.4 Å². The zero-order chi connectivity index (χ0) is 19.9. The molecule has 0 unspecified atom stereocenters. The van der Waals surface area contributed by atoms with E-state index in [-0.39, 0.29) is 23.2 Å². The number of nitriles is 1. The fourth-order valence-electron chi connectivity index (χ4n) is 2.00. The molecule has 0 amide bonds. The maximum atomic E-state index is 12.1. The van der Waals surface area contributed by atoms with E-state index in [9.17, 15) is 19.6 Å². The molecule has 1 aromatic carbocycles. The second-order valence-corrected chi connectivity index (χ2v) is 6.37. The molecule has 1 N–H and O–H groups in total. The van der Waals surface area contributed by atoms with Crippen LogP contribution in [-0.4, -0.2) is 43.8 Å². The summed E-state index contributed by atoms with van der Waals surface area (Å²) in [5, 5.41) is 12.1. The normalized spacial score (nSPS) is 11.7. The van der Waals surface area contributed by atoms with Crippen molar-refractivity contribution in [2.24, 2.45) is 0 Å². The molecule has 0 aromatic heterocycles. The van der Waals surface area contributed by atoms with Crippen molar-refractivity contribution in [3.63, 3.8) is 0 Å². The summed E-state index contributed by atoms with van der Waals surface area (Å²) >= 11 is 0. The van der Waals surface area contributed by atoms with Crippen molar-refractivity contribution in [2.45, 2.75) is 38.8 Å². The molecule has 0 radical (unpaired) electrons. The lowest BCUT2D eigenvalue weighted by molar-refractivity contribution is -0.148. The van der Waals surface area contributed by atoms with Gasteiger partial charge in [-0.3, -0.25) is 4.79 Å². The Morgan fingerprint density at radius 2 is 1.85 bits per heavy atom. The Labute approximate surface area is 152 Å². The highest BCUT2D eigenvalue weighted by Crippen LogP contribution is 2.21. The number of hydrogen-bond acceptors (Lipinski definition) is 8. The first-order valence-electron chi connectivity index (χ1n) is 7.80. The van der Waals surface area contributed by atoms with E-state index >= 15 is 0 Å². The van der Waals surface area contributed by atoms with Crippen LogP contribution in [0.1, 0.15) is 43.1 Å². The Morgan fingerprint density at radius 3 is 2.35 bits per heavy atom.